The number of amides is 1. The van der Waals surface area contributed by atoms with Crippen LogP contribution in [0.2, 0.25) is 0 Å². The van der Waals surface area contributed by atoms with Gasteiger partial charge >= 0.3 is 0 Å². The van der Waals surface area contributed by atoms with Crippen molar-refractivity contribution < 1.29 is 9.21 Å². The van der Waals surface area contributed by atoms with Crippen LogP contribution >= 0.6 is 15.9 Å². The molecule has 2 rings (SSSR count). The van der Waals surface area contributed by atoms with Crippen LogP contribution in [0.1, 0.15) is 11.3 Å². The number of carbonyl (C=O) groups is 1. The summed E-state index contributed by atoms with van der Waals surface area (Å²) >= 11 is 3.16. The highest BCUT2D eigenvalue weighted by Crippen LogP contribution is 2.17. The number of nitriles is 1. The maximum Gasteiger partial charge on any atom is 0.266 e. The molecule has 0 bridgehead atoms. The number of aryl methyl sites for hydroxylation is 1. The van der Waals surface area contributed by atoms with Gasteiger partial charge in [0.05, 0.1) is 0 Å². The van der Waals surface area contributed by atoms with Crippen molar-refractivity contribution in [2.24, 2.45) is 0 Å². The van der Waals surface area contributed by atoms with Gasteiger partial charge in [0.15, 0.2) is 4.67 Å². The van der Waals surface area contributed by atoms with Crippen LogP contribution in [0.15, 0.2) is 51.1 Å². The minimum Gasteiger partial charge on any atom is -0.450 e. The van der Waals surface area contributed by atoms with E-state index in [1.165, 1.54) is 6.08 Å². The summed E-state index contributed by atoms with van der Waals surface area (Å²) in [5.41, 5.74) is 1.72. The lowest BCUT2D eigenvalue weighted by Gasteiger charge is -2.04. The summed E-state index contributed by atoms with van der Waals surface area (Å²) < 4.78 is 5.78. The number of rotatable bonds is 3. The summed E-state index contributed by atoms with van der Waals surface area (Å²) in [7, 11) is 0. The molecule has 1 N–H and O–H groups in total. The van der Waals surface area contributed by atoms with Crippen LogP contribution in [0, 0.1) is 18.3 Å². The van der Waals surface area contributed by atoms with Crippen molar-refractivity contribution in [3.8, 4) is 6.07 Å². The Morgan fingerprint density at radius 3 is 2.55 bits per heavy atom. The number of hydrogen-bond acceptors (Lipinski definition) is 3. The third kappa shape index (κ3) is 3.59. The van der Waals surface area contributed by atoms with Gasteiger partial charge in [0, 0.05) is 11.8 Å². The Balaban J connectivity index is 2.16. The van der Waals surface area contributed by atoms with Crippen molar-refractivity contribution in [3.63, 3.8) is 0 Å². The van der Waals surface area contributed by atoms with E-state index in [0.717, 1.165) is 5.56 Å². The second-order valence-electron chi connectivity index (χ2n) is 4.13. The first-order chi connectivity index (χ1) is 9.58. The number of carbonyl (C=O) groups excluding carboxylic acids is 1. The fraction of sp³-hybridized carbons (Fsp3) is 0.0667. The Morgan fingerprint density at radius 2 is 2.00 bits per heavy atom. The van der Waals surface area contributed by atoms with Gasteiger partial charge in [-0.05, 0) is 47.1 Å². The van der Waals surface area contributed by atoms with E-state index in [2.05, 4.69) is 21.2 Å². The van der Waals surface area contributed by atoms with E-state index < -0.39 is 5.91 Å². The van der Waals surface area contributed by atoms with Crippen molar-refractivity contribution >= 4 is 33.6 Å². The van der Waals surface area contributed by atoms with Crippen molar-refractivity contribution in [3.05, 3.63) is 58.0 Å². The number of nitrogens with one attached hydrogen (secondary N) is 1. The van der Waals surface area contributed by atoms with Crippen LogP contribution in [0.25, 0.3) is 6.08 Å². The largest absolute Gasteiger partial charge is 0.450 e. The zero-order valence-corrected chi connectivity index (χ0v) is 12.3. The monoisotopic (exact) mass is 330 g/mol. The number of furan rings is 1. The van der Waals surface area contributed by atoms with Gasteiger partial charge in [-0.1, -0.05) is 17.7 Å². The molecule has 1 aromatic carbocycles. The lowest BCUT2D eigenvalue weighted by molar-refractivity contribution is -0.112. The molecule has 0 unspecified atom stereocenters. The lowest BCUT2D eigenvalue weighted by Crippen LogP contribution is -2.13. The minimum absolute atomic E-state index is 0.0209. The fourth-order valence-corrected chi connectivity index (χ4v) is 1.85. The predicted octanol–water partition coefficient (Wildman–Crippen LogP) is 3.90. The first-order valence-electron chi connectivity index (χ1n) is 5.83. The molecule has 0 spiro atoms. The number of anilines is 1. The Kier molecular flexibility index (Phi) is 4.38. The molecule has 0 aliphatic rings. The molecule has 0 saturated heterocycles. The number of halogens is 1. The Labute approximate surface area is 124 Å². The first kappa shape index (κ1) is 14.1. The Morgan fingerprint density at radius 1 is 1.30 bits per heavy atom. The molecule has 100 valence electrons. The standard InChI is InChI=1S/C15H11BrN2O2/c1-10-2-4-12(5-3-10)18-15(19)11(9-17)8-13-6-7-14(16)20-13/h2-8H,1H3,(H,18,19)/b11-8+. The third-order valence-corrected chi connectivity index (χ3v) is 2.98. The van der Waals surface area contributed by atoms with Gasteiger partial charge in [-0.25, -0.2) is 0 Å². The van der Waals surface area contributed by atoms with E-state index in [1.54, 1.807) is 24.3 Å². The number of nitrogens with zero attached hydrogens (tertiary/aromatic N) is 1. The van der Waals surface area contributed by atoms with E-state index in [9.17, 15) is 4.79 Å². The van der Waals surface area contributed by atoms with Crippen LogP contribution < -0.4 is 5.32 Å². The van der Waals surface area contributed by atoms with E-state index >= 15 is 0 Å². The van der Waals surface area contributed by atoms with Gasteiger partial charge in [-0.2, -0.15) is 5.26 Å². The molecule has 0 aliphatic carbocycles. The average Bonchev–Trinajstić information content (AvgIpc) is 2.84. The quantitative estimate of drug-likeness (QED) is 0.685. The summed E-state index contributed by atoms with van der Waals surface area (Å²) in [6, 6.07) is 12.6. The highest BCUT2D eigenvalue weighted by Gasteiger charge is 2.10. The molecule has 4 nitrogen and oxygen atoms in total. The van der Waals surface area contributed by atoms with Crippen LogP contribution in [0.4, 0.5) is 5.69 Å². The fourth-order valence-electron chi connectivity index (χ4n) is 1.53. The van der Waals surface area contributed by atoms with Gasteiger partial charge in [0.1, 0.15) is 17.4 Å². The summed E-state index contributed by atoms with van der Waals surface area (Å²) in [4.78, 5) is 12.0. The normalized spacial score (nSPS) is 10.9. The molecular formula is C15H11BrN2O2. The second-order valence-corrected chi connectivity index (χ2v) is 4.91. The van der Waals surface area contributed by atoms with Crippen LogP contribution in [-0.2, 0) is 4.79 Å². The van der Waals surface area contributed by atoms with Gasteiger partial charge in [-0.15, -0.1) is 0 Å². The molecule has 1 aromatic heterocycles. The van der Waals surface area contributed by atoms with Gasteiger partial charge < -0.3 is 9.73 Å². The Bertz CT molecular complexity index is 693. The molecular weight excluding hydrogens is 320 g/mol. The molecule has 1 amide bonds. The van der Waals surface area contributed by atoms with Gasteiger partial charge in [0.25, 0.3) is 5.91 Å². The van der Waals surface area contributed by atoms with Crippen molar-refractivity contribution in [1.29, 1.82) is 5.26 Å². The molecule has 2 aromatic rings. The highest BCUT2D eigenvalue weighted by atomic mass is 79.9. The zero-order chi connectivity index (χ0) is 14.5. The van der Waals surface area contributed by atoms with Crippen molar-refractivity contribution in [2.45, 2.75) is 6.92 Å². The summed E-state index contributed by atoms with van der Waals surface area (Å²) in [5.74, 6) is -0.0312. The molecule has 0 radical (unpaired) electrons. The zero-order valence-electron chi connectivity index (χ0n) is 10.7. The van der Waals surface area contributed by atoms with Gasteiger partial charge in [-0.3, -0.25) is 4.79 Å². The van der Waals surface area contributed by atoms with Crippen LogP contribution in [0.3, 0.4) is 0 Å². The van der Waals surface area contributed by atoms with Gasteiger partial charge in [0.2, 0.25) is 0 Å². The molecule has 20 heavy (non-hydrogen) atoms. The van der Waals surface area contributed by atoms with E-state index in [4.69, 9.17) is 9.68 Å². The minimum atomic E-state index is -0.469. The molecule has 0 atom stereocenters. The maximum atomic E-state index is 12.0. The SMILES string of the molecule is Cc1ccc(NC(=O)/C(C#N)=C/c2ccc(Br)o2)cc1. The molecule has 0 aliphatic heterocycles. The maximum absolute atomic E-state index is 12.0. The number of benzene rings is 1. The molecule has 0 fully saturated rings. The topological polar surface area (TPSA) is 66.0 Å². The van der Waals surface area contributed by atoms with Crippen LogP contribution in [0.5, 0.6) is 0 Å². The van der Waals surface area contributed by atoms with E-state index in [-0.39, 0.29) is 5.57 Å². The second kappa shape index (κ2) is 6.22. The third-order valence-electron chi connectivity index (χ3n) is 2.56. The molecule has 5 heteroatoms. The smallest absolute Gasteiger partial charge is 0.266 e. The lowest BCUT2D eigenvalue weighted by atomic mass is 10.2. The molecule has 0 saturated carbocycles. The van der Waals surface area contributed by atoms with E-state index in [0.29, 0.717) is 16.1 Å². The van der Waals surface area contributed by atoms with Crippen molar-refractivity contribution in [2.75, 3.05) is 5.32 Å². The van der Waals surface area contributed by atoms with E-state index in [1.807, 2.05) is 25.1 Å². The summed E-state index contributed by atoms with van der Waals surface area (Å²) in [6.07, 6.45) is 1.40. The molecule has 1 heterocycles. The Hall–Kier alpha value is -2.32. The highest BCUT2D eigenvalue weighted by molar-refractivity contribution is 9.10. The summed E-state index contributed by atoms with van der Waals surface area (Å²) in [6.45, 7) is 1.96. The number of hydrogen-bond donors (Lipinski definition) is 1. The van der Waals surface area contributed by atoms with Crippen molar-refractivity contribution in [1.82, 2.24) is 0 Å². The average molecular weight is 331 g/mol. The first-order valence-corrected chi connectivity index (χ1v) is 6.63. The van der Waals surface area contributed by atoms with Crippen LogP contribution in [-0.4, -0.2) is 5.91 Å². The summed E-state index contributed by atoms with van der Waals surface area (Å²) in [5, 5.41) is 11.7. The predicted molar refractivity (Wildman–Crippen MR) is 79.8 cm³/mol.